The molecule has 1 unspecified atom stereocenters. The van der Waals surface area contributed by atoms with Gasteiger partial charge in [0.25, 0.3) is 0 Å². The molecule has 1 atom stereocenters. The van der Waals surface area contributed by atoms with Crippen molar-refractivity contribution in [1.29, 1.82) is 0 Å². The number of benzene rings is 2. The van der Waals surface area contributed by atoms with Crippen LogP contribution in [0.2, 0.25) is 0 Å². The lowest BCUT2D eigenvalue weighted by Crippen LogP contribution is -2.22. The fourth-order valence-corrected chi connectivity index (χ4v) is 2.67. The normalized spacial score (nSPS) is 11.7. The van der Waals surface area contributed by atoms with Crippen LogP contribution in [0.25, 0.3) is 0 Å². The standard InChI is InChI=1S/C20H26N2O2/c1-5-22(6-2)18-12-13-19(15(3)14-18)21-20(23)24-16(4)17-10-8-7-9-11-17/h7-14,16H,5-6H2,1-4H3,(H,21,23). The zero-order valence-corrected chi connectivity index (χ0v) is 14.9. The van der Waals surface area contributed by atoms with Crippen molar-refractivity contribution in [2.24, 2.45) is 0 Å². The van der Waals surface area contributed by atoms with E-state index in [4.69, 9.17) is 4.74 Å². The SMILES string of the molecule is CCN(CC)c1ccc(NC(=O)OC(C)c2ccccc2)c(C)c1. The predicted octanol–water partition coefficient (Wildman–Crippen LogP) is 5.15. The third kappa shape index (κ3) is 4.51. The molecule has 0 saturated carbocycles. The fraction of sp³-hybridized carbons (Fsp3) is 0.350. The highest BCUT2D eigenvalue weighted by Crippen LogP contribution is 2.24. The van der Waals surface area contributed by atoms with E-state index >= 15 is 0 Å². The van der Waals surface area contributed by atoms with Crippen molar-refractivity contribution in [3.8, 4) is 0 Å². The highest BCUT2D eigenvalue weighted by molar-refractivity contribution is 5.86. The molecule has 1 N–H and O–H groups in total. The van der Waals surface area contributed by atoms with Gasteiger partial charge in [-0.3, -0.25) is 5.32 Å². The molecule has 0 spiro atoms. The molecule has 24 heavy (non-hydrogen) atoms. The minimum atomic E-state index is -0.440. The number of rotatable bonds is 6. The second-order valence-corrected chi connectivity index (χ2v) is 5.75. The van der Waals surface area contributed by atoms with Crippen LogP contribution >= 0.6 is 0 Å². The van der Waals surface area contributed by atoms with Gasteiger partial charge in [-0.1, -0.05) is 30.3 Å². The van der Waals surface area contributed by atoms with Crippen LogP contribution in [0.4, 0.5) is 16.2 Å². The summed E-state index contributed by atoms with van der Waals surface area (Å²) in [5, 5.41) is 2.83. The van der Waals surface area contributed by atoms with E-state index in [9.17, 15) is 4.79 Å². The van der Waals surface area contributed by atoms with Gasteiger partial charge in [-0.15, -0.1) is 0 Å². The maximum absolute atomic E-state index is 12.1. The van der Waals surface area contributed by atoms with Crippen LogP contribution in [0.5, 0.6) is 0 Å². The first-order chi connectivity index (χ1) is 11.5. The lowest BCUT2D eigenvalue weighted by atomic mass is 10.1. The monoisotopic (exact) mass is 326 g/mol. The van der Waals surface area contributed by atoms with Gasteiger partial charge in [0.05, 0.1) is 0 Å². The summed E-state index contributed by atoms with van der Waals surface area (Å²) < 4.78 is 5.45. The van der Waals surface area contributed by atoms with E-state index in [0.717, 1.165) is 35.6 Å². The Labute approximate surface area is 144 Å². The quantitative estimate of drug-likeness (QED) is 0.798. The van der Waals surface area contributed by atoms with Crippen molar-refractivity contribution in [2.45, 2.75) is 33.8 Å². The molecule has 2 rings (SSSR count). The highest BCUT2D eigenvalue weighted by Gasteiger charge is 2.13. The summed E-state index contributed by atoms with van der Waals surface area (Å²) in [7, 11) is 0. The fourth-order valence-electron chi connectivity index (χ4n) is 2.67. The van der Waals surface area contributed by atoms with Crippen LogP contribution in [-0.2, 0) is 4.74 Å². The van der Waals surface area contributed by atoms with Crippen LogP contribution in [-0.4, -0.2) is 19.2 Å². The third-order valence-corrected chi connectivity index (χ3v) is 4.13. The van der Waals surface area contributed by atoms with Gasteiger partial charge in [-0.05, 0) is 57.0 Å². The molecule has 0 bridgehead atoms. The Bertz CT molecular complexity index is 667. The van der Waals surface area contributed by atoms with E-state index in [2.05, 4.69) is 30.1 Å². The molecule has 0 aliphatic carbocycles. The first kappa shape index (κ1) is 17.9. The van der Waals surface area contributed by atoms with Crippen molar-refractivity contribution in [3.63, 3.8) is 0 Å². The number of hydrogen-bond acceptors (Lipinski definition) is 3. The molecule has 4 nitrogen and oxygen atoms in total. The van der Waals surface area contributed by atoms with Gasteiger partial charge >= 0.3 is 6.09 Å². The smallest absolute Gasteiger partial charge is 0.412 e. The first-order valence-corrected chi connectivity index (χ1v) is 8.43. The predicted molar refractivity (Wildman–Crippen MR) is 99.7 cm³/mol. The van der Waals surface area contributed by atoms with Crippen LogP contribution in [0.1, 0.15) is 38.0 Å². The maximum Gasteiger partial charge on any atom is 0.412 e. The van der Waals surface area contributed by atoms with Crippen molar-refractivity contribution in [1.82, 2.24) is 0 Å². The summed E-state index contributed by atoms with van der Waals surface area (Å²) in [5.74, 6) is 0. The van der Waals surface area contributed by atoms with Crippen molar-refractivity contribution in [2.75, 3.05) is 23.3 Å². The molecule has 2 aromatic rings. The van der Waals surface area contributed by atoms with E-state index in [1.54, 1.807) is 0 Å². The Morgan fingerprint density at radius 3 is 2.38 bits per heavy atom. The molecule has 0 aliphatic rings. The molecule has 2 aromatic carbocycles. The topological polar surface area (TPSA) is 41.6 Å². The van der Waals surface area contributed by atoms with E-state index in [-0.39, 0.29) is 6.10 Å². The van der Waals surface area contributed by atoms with Crippen molar-refractivity contribution >= 4 is 17.5 Å². The minimum absolute atomic E-state index is 0.290. The minimum Gasteiger partial charge on any atom is -0.441 e. The lowest BCUT2D eigenvalue weighted by Gasteiger charge is -2.22. The molecule has 0 saturated heterocycles. The Balaban J connectivity index is 2.01. The van der Waals surface area contributed by atoms with E-state index < -0.39 is 6.09 Å². The number of amides is 1. The number of carbonyl (C=O) groups excluding carboxylic acids is 1. The summed E-state index contributed by atoms with van der Waals surface area (Å²) in [6.07, 6.45) is -0.730. The largest absolute Gasteiger partial charge is 0.441 e. The molecule has 128 valence electrons. The molecule has 0 aliphatic heterocycles. The Kier molecular flexibility index (Phi) is 6.24. The van der Waals surface area contributed by atoms with Gasteiger partial charge in [0.2, 0.25) is 0 Å². The van der Waals surface area contributed by atoms with Crippen LogP contribution < -0.4 is 10.2 Å². The van der Waals surface area contributed by atoms with Crippen LogP contribution in [0.3, 0.4) is 0 Å². The molecule has 0 aromatic heterocycles. The van der Waals surface area contributed by atoms with E-state index in [0.29, 0.717) is 0 Å². The zero-order valence-electron chi connectivity index (χ0n) is 14.9. The Morgan fingerprint density at radius 2 is 1.79 bits per heavy atom. The number of anilines is 2. The number of aryl methyl sites for hydroxylation is 1. The van der Waals surface area contributed by atoms with Gasteiger partial charge < -0.3 is 9.64 Å². The number of nitrogens with zero attached hydrogens (tertiary/aromatic N) is 1. The van der Waals surface area contributed by atoms with Crippen LogP contribution in [0, 0.1) is 6.92 Å². The van der Waals surface area contributed by atoms with E-state index in [1.807, 2.05) is 56.3 Å². The Morgan fingerprint density at radius 1 is 1.12 bits per heavy atom. The molecule has 0 fully saturated rings. The van der Waals surface area contributed by atoms with Gasteiger partial charge in [-0.2, -0.15) is 0 Å². The van der Waals surface area contributed by atoms with Gasteiger partial charge in [0, 0.05) is 24.5 Å². The highest BCUT2D eigenvalue weighted by atomic mass is 16.6. The molecule has 0 heterocycles. The average Bonchev–Trinajstić information content (AvgIpc) is 2.59. The van der Waals surface area contributed by atoms with Gasteiger partial charge in [0.1, 0.15) is 6.10 Å². The number of ether oxygens (including phenoxy) is 1. The van der Waals surface area contributed by atoms with Crippen LogP contribution in [0.15, 0.2) is 48.5 Å². The molecule has 4 heteroatoms. The number of carbonyl (C=O) groups is 1. The molecule has 1 amide bonds. The second-order valence-electron chi connectivity index (χ2n) is 5.75. The number of nitrogens with one attached hydrogen (secondary N) is 1. The zero-order chi connectivity index (χ0) is 17.5. The van der Waals surface area contributed by atoms with E-state index in [1.165, 1.54) is 0 Å². The van der Waals surface area contributed by atoms with Gasteiger partial charge in [-0.25, -0.2) is 4.79 Å². The van der Waals surface area contributed by atoms with Crippen molar-refractivity contribution in [3.05, 3.63) is 59.7 Å². The van der Waals surface area contributed by atoms with Crippen molar-refractivity contribution < 1.29 is 9.53 Å². The maximum atomic E-state index is 12.1. The third-order valence-electron chi connectivity index (χ3n) is 4.13. The molecule has 0 radical (unpaired) electrons. The summed E-state index contributed by atoms with van der Waals surface area (Å²) in [5.41, 5.74) is 3.93. The first-order valence-electron chi connectivity index (χ1n) is 8.43. The Hall–Kier alpha value is -2.49. The summed E-state index contributed by atoms with van der Waals surface area (Å²) in [6.45, 7) is 10.0. The molecular weight excluding hydrogens is 300 g/mol. The second kappa shape index (κ2) is 8.39. The summed E-state index contributed by atoms with van der Waals surface area (Å²) in [6, 6.07) is 15.7. The summed E-state index contributed by atoms with van der Waals surface area (Å²) >= 11 is 0. The molecular formula is C20H26N2O2. The van der Waals surface area contributed by atoms with Gasteiger partial charge in [0.15, 0.2) is 0 Å². The average molecular weight is 326 g/mol. The summed E-state index contributed by atoms with van der Waals surface area (Å²) in [4.78, 5) is 14.4. The lowest BCUT2D eigenvalue weighted by molar-refractivity contribution is 0.121. The number of hydrogen-bond donors (Lipinski definition) is 1.